The summed E-state index contributed by atoms with van der Waals surface area (Å²) < 4.78 is 0. The smallest absolute Gasteiger partial charge is 0.251 e. The maximum Gasteiger partial charge on any atom is 0.251 e. The van der Waals surface area contributed by atoms with Crippen molar-refractivity contribution >= 4 is 16.7 Å². The van der Waals surface area contributed by atoms with Crippen LogP contribution < -0.4 is 5.56 Å². The predicted octanol–water partition coefficient (Wildman–Crippen LogP) is 2.61. The van der Waals surface area contributed by atoms with Gasteiger partial charge in [0.15, 0.2) is 0 Å². The second kappa shape index (κ2) is 5.17. The van der Waals surface area contributed by atoms with Gasteiger partial charge in [-0.1, -0.05) is 25.1 Å². The lowest BCUT2D eigenvalue weighted by molar-refractivity contribution is -0.116. The van der Waals surface area contributed by atoms with Crippen molar-refractivity contribution in [2.75, 3.05) is 0 Å². The van der Waals surface area contributed by atoms with E-state index < -0.39 is 0 Å². The van der Waals surface area contributed by atoms with Crippen molar-refractivity contribution in [1.82, 2.24) is 4.98 Å². The largest absolute Gasteiger partial charge is 0.321 e. The molecule has 1 N–H and O–H groups in total. The van der Waals surface area contributed by atoms with Crippen LogP contribution in [0.5, 0.6) is 0 Å². The Kier molecular flexibility index (Phi) is 3.60. The minimum Gasteiger partial charge on any atom is -0.321 e. The zero-order chi connectivity index (χ0) is 13.1. The van der Waals surface area contributed by atoms with Gasteiger partial charge in [-0.05, 0) is 36.8 Å². The van der Waals surface area contributed by atoms with Crippen molar-refractivity contribution in [3.05, 3.63) is 45.7 Å². The van der Waals surface area contributed by atoms with E-state index in [4.69, 9.17) is 0 Å². The number of H-pyrrole nitrogens is 1. The Morgan fingerprint density at radius 2 is 2.06 bits per heavy atom. The first-order chi connectivity index (χ1) is 8.61. The molecule has 3 nitrogen and oxygen atoms in total. The molecule has 0 aliphatic heterocycles. The molecular weight excluding hydrogens is 226 g/mol. The van der Waals surface area contributed by atoms with E-state index in [0.717, 1.165) is 22.9 Å². The summed E-state index contributed by atoms with van der Waals surface area (Å²) in [4.78, 5) is 25.9. The average Bonchev–Trinajstić information content (AvgIpc) is 2.35. The van der Waals surface area contributed by atoms with Crippen LogP contribution in [0.1, 0.15) is 31.4 Å². The number of pyridine rings is 1. The topological polar surface area (TPSA) is 49.9 Å². The van der Waals surface area contributed by atoms with E-state index in [9.17, 15) is 9.59 Å². The first-order valence-corrected chi connectivity index (χ1v) is 6.25. The molecule has 94 valence electrons. The summed E-state index contributed by atoms with van der Waals surface area (Å²) in [5.74, 6) is 0.108. The minimum absolute atomic E-state index is 0.0790. The van der Waals surface area contributed by atoms with Gasteiger partial charge in [0.25, 0.3) is 5.56 Å². The van der Waals surface area contributed by atoms with Gasteiger partial charge in [-0.25, -0.2) is 0 Å². The number of hydrogen-bond donors (Lipinski definition) is 1. The fourth-order valence-electron chi connectivity index (χ4n) is 2.13. The van der Waals surface area contributed by atoms with E-state index in [0.29, 0.717) is 18.4 Å². The van der Waals surface area contributed by atoms with E-state index in [1.165, 1.54) is 0 Å². The number of carbonyl (C=O) groups excluding carboxylic acids is 1. The fraction of sp³-hybridized carbons (Fsp3) is 0.333. The van der Waals surface area contributed by atoms with Crippen molar-refractivity contribution in [3.8, 4) is 0 Å². The molecule has 0 radical (unpaired) electrons. The lowest BCUT2D eigenvalue weighted by Crippen LogP contribution is -2.14. The van der Waals surface area contributed by atoms with Crippen LogP contribution in [-0.4, -0.2) is 10.8 Å². The first-order valence-electron chi connectivity index (χ1n) is 6.25. The van der Waals surface area contributed by atoms with Gasteiger partial charge in [-0.15, -0.1) is 0 Å². The molecule has 0 unspecified atom stereocenters. The molecule has 0 spiro atoms. The molecule has 3 heteroatoms. The number of hydrogen-bond acceptors (Lipinski definition) is 2. The summed E-state index contributed by atoms with van der Waals surface area (Å²) in [7, 11) is 0. The number of para-hydroxylation sites is 1. The van der Waals surface area contributed by atoms with Crippen LogP contribution in [0.4, 0.5) is 0 Å². The summed E-state index contributed by atoms with van der Waals surface area (Å²) in [5.41, 5.74) is 2.66. The summed E-state index contributed by atoms with van der Waals surface area (Å²) >= 11 is 0. The highest BCUT2D eigenvalue weighted by molar-refractivity contribution is 5.82. The Morgan fingerprint density at radius 1 is 1.28 bits per heavy atom. The number of nitrogens with one attached hydrogen (secondary N) is 1. The van der Waals surface area contributed by atoms with Crippen LogP contribution in [0, 0.1) is 0 Å². The molecule has 0 amide bonds. The number of aryl methyl sites for hydroxylation is 2. The van der Waals surface area contributed by atoms with Gasteiger partial charge in [0.2, 0.25) is 0 Å². The van der Waals surface area contributed by atoms with Crippen LogP contribution in [0.2, 0.25) is 0 Å². The highest BCUT2D eigenvalue weighted by Gasteiger charge is 2.06. The summed E-state index contributed by atoms with van der Waals surface area (Å²) in [6.07, 6.45) is 1.82. The van der Waals surface area contributed by atoms with Crippen LogP contribution in [-0.2, 0) is 17.6 Å². The molecule has 1 aromatic carbocycles. The SMILES string of the molecule is CCc1cccc2cc(CCC(C)=O)c(=O)[nH]c12. The number of Topliss-reactive ketones (excluding diaryl/α,β-unsaturated/α-hetero) is 1. The maximum atomic E-state index is 11.9. The normalized spacial score (nSPS) is 10.8. The molecule has 0 saturated carbocycles. The minimum atomic E-state index is -0.0790. The highest BCUT2D eigenvalue weighted by Crippen LogP contribution is 2.16. The molecule has 2 aromatic rings. The molecular formula is C15H17NO2. The van der Waals surface area contributed by atoms with Crippen LogP contribution in [0.15, 0.2) is 29.1 Å². The zero-order valence-electron chi connectivity index (χ0n) is 10.7. The molecule has 1 aromatic heterocycles. The van der Waals surface area contributed by atoms with Crippen molar-refractivity contribution in [1.29, 1.82) is 0 Å². The number of ketones is 1. The second-order valence-corrected chi connectivity index (χ2v) is 4.56. The van der Waals surface area contributed by atoms with Crippen LogP contribution >= 0.6 is 0 Å². The molecule has 0 saturated heterocycles. The molecule has 0 aliphatic rings. The van der Waals surface area contributed by atoms with Crippen molar-refractivity contribution in [2.45, 2.75) is 33.1 Å². The van der Waals surface area contributed by atoms with E-state index in [-0.39, 0.29) is 11.3 Å². The summed E-state index contributed by atoms with van der Waals surface area (Å²) in [5, 5.41) is 1.03. The number of aromatic amines is 1. The van der Waals surface area contributed by atoms with E-state index in [1.807, 2.05) is 24.3 Å². The van der Waals surface area contributed by atoms with Crippen molar-refractivity contribution in [3.63, 3.8) is 0 Å². The average molecular weight is 243 g/mol. The fourth-order valence-corrected chi connectivity index (χ4v) is 2.13. The van der Waals surface area contributed by atoms with Gasteiger partial charge in [0.1, 0.15) is 5.78 Å². The standard InChI is InChI=1S/C15H17NO2/c1-3-11-5-4-6-12-9-13(8-7-10(2)17)15(18)16-14(11)12/h4-6,9H,3,7-8H2,1-2H3,(H,16,18). The van der Waals surface area contributed by atoms with Crippen LogP contribution in [0.3, 0.4) is 0 Å². The third-order valence-corrected chi connectivity index (χ3v) is 3.17. The number of carbonyl (C=O) groups is 1. The maximum absolute atomic E-state index is 11.9. The molecule has 0 atom stereocenters. The molecule has 1 heterocycles. The third kappa shape index (κ3) is 2.50. The Bertz CT molecular complexity index is 640. The van der Waals surface area contributed by atoms with Gasteiger partial charge in [-0.3, -0.25) is 4.79 Å². The monoisotopic (exact) mass is 243 g/mol. The van der Waals surface area contributed by atoms with Crippen LogP contribution in [0.25, 0.3) is 10.9 Å². The van der Waals surface area contributed by atoms with Gasteiger partial charge >= 0.3 is 0 Å². The molecule has 0 aliphatic carbocycles. The van der Waals surface area contributed by atoms with Gasteiger partial charge in [0, 0.05) is 12.0 Å². The quantitative estimate of drug-likeness (QED) is 0.897. The summed E-state index contributed by atoms with van der Waals surface area (Å²) in [6.45, 7) is 3.61. The molecule has 0 fully saturated rings. The lowest BCUT2D eigenvalue weighted by atomic mass is 10.0. The number of fused-ring (bicyclic) bond motifs is 1. The Labute approximate surface area is 106 Å². The molecule has 0 bridgehead atoms. The second-order valence-electron chi connectivity index (χ2n) is 4.56. The number of aromatic nitrogens is 1. The Morgan fingerprint density at radius 3 is 2.72 bits per heavy atom. The van der Waals surface area contributed by atoms with E-state index in [1.54, 1.807) is 6.92 Å². The molecule has 2 rings (SSSR count). The lowest BCUT2D eigenvalue weighted by Gasteiger charge is -2.06. The van der Waals surface area contributed by atoms with Crippen molar-refractivity contribution in [2.24, 2.45) is 0 Å². The highest BCUT2D eigenvalue weighted by atomic mass is 16.1. The first kappa shape index (κ1) is 12.6. The Hall–Kier alpha value is -1.90. The van der Waals surface area contributed by atoms with E-state index >= 15 is 0 Å². The zero-order valence-corrected chi connectivity index (χ0v) is 10.7. The van der Waals surface area contributed by atoms with Gasteiger partial charge in [-0.2, -0.15) is 0 Å². The number of rotatable bonds is 4. The molecule has 18 heavy (non-hydrogen) atoms. The number of benzene rings is 1. The van der Waals surface area contributed by atoms with Crippen molar-refractivity contribution < 1.29 is 4.79 Å². The Balaban J connectivity index is 2.49. The van der Waals surface area contributed by atoms with E-state index in [2.05, 4.69) is 11.9 Å². The third-order valence-electron chi connectivity index (χ3n) is 3.17. The summed E-state index contributed by atoms with van der Waals surface area (Å²) in [6, 6.07) is 7.90. The predicted molar refractivity (Wildman–Crippen MR) is 72.9 cm³/mol. The van der Waals surface area contributed by atoms with Gasteiger partial charge < -0.3 is 9.78 Å². The van der Waals surface area contributed by atoms with Gasteiger partial charge in [0.05, 0.1) is 5.52 Å².